The maximum Gasteiger partial charge on any atom is 0.323 e. The van der Waals surface area contributed by atoms with E-state index in [9.17, 15) is 9.59 Å². The summed E-state index contributed by atoms with van der Waals surface area (Å²) >= 11 is 0. The maximum atomic E-state index is 12.1. The van der Waals surface area contributed by atoms with E-state index in [0.717, 1.165) is 12.2 Å². The van der Waals surface area contributed by atoms with Crippen LogP contribution in [0.15, 0.2) is 78.9 Å². The Hall–Kier alpha value is -4.00. The molecule has 3 aromatic carbocycles. The first-order valence-corrected chi connectivity index (χ1v) is 10.0. The molecule has 7 nitrogen and oxygen atoms in total. The van der Waals surface area contributed by atoms with Crippen molar-refractivity contribution in [1.29, 1.82) is 0 Å². The number of para-hydroxylation sites is 1. The standard InChI is InChI=1S/C24H25N3O4/c1-2-16-30-21-12-14-22(15-13-21)31-17-23(28)25-19-8-10-20(11-9-19)27-24(29)26-18-6-4-3-5-7-18/h3-15H,2,16-17H2,1H3,(H,25,28)(H2,26,27,29). The second kappa shape index (κ2) is 11.3. The molecule has 0 spiro atoms. The van der Waals surface area contributed by atoms with E-state index >= 15 is 0 Å². The Kier molecular flexibility index (Phi) is 7.88. The van der Waals surface area contributed by atoms with Gasteiger partial charge in [0.2, 0.25) is 0 Å². The van der Waals surface area contributed by atoms with Crippen molar-refractivity contribution in [2.75, 3.05) is 29.2 Å². The van der Waals surface area contributed by atoms with E-state index in [1.54, 1.807) is 48.5 Å². The van der Waals surface area contributed by atoms with Gasteiger partial charge in [0.1, 0.15) is 11.5 Å². The van der Waals surface area contributed by atoms with E-state index in [4.69, 9.17) is 9.47 Å². The predicted octanol–water partition coefficient (Wildman–Crippen LogP) is 5.14. The zero-order chi connectivity index (χ0) is 21.9. The van der Waals surface area contributed by atoms with Gasteiger partial charge in [-0.15, -0.1) is 0 Å². The first kappa shape index (κ1) is 21.7. The largest absolute Gasteiger partial charge is 0.494 e. The monoisotopic (exact) mass is 419 g/mol. The van der Waals surface area contributed by atoms with Gasteiger partial charge < -0.3 is 25.4 Å². The van der Waals surface area contributed by atoms with E-state index in [0.29, 0.717) is 29.4 Å². The minimum Gasteiger partial charge on any atom is -0.494 e. The molecule has 0 aromatic heterocycles. The number of nitrogens with one attached hydrogen (secondary N) is 3. The van der Waals surface area contributed by atoms with Crippen molar-refractivity contribution in [3.8, 4) is 11.5 Å². The number of urea groups is 1. The van der Waals surface area contributed by atoms with Gasteiger partial charge in [0.05, 0.1) is 6.61 Å². The van der Waals surface area contributed by atoms with Crippen molar-refractivity contribution >= 4 is 29.0 Å². The summed E-state index contributed by atoms with van der Waals surface area (Å²) in [5.74, 6) is 1.07. The molecule has 0 aliphatic heterocycles. The van der Waals surface area contributed by atoms with Crippen molar-refractivity contribution in [2.24, 2.45) is 0 Å². The van der Waals surface area contributed by atoms with Crippen molar-refractivity contribution in [2.45, 2.75) is 13.3 Å². The smallest absolute Gasteiger partial charge is 0.323 e. The number of hydrogen-bond donors (Lipinski definition) is 3. The van der Waals surface area contributed by atoms with Crippen LogP contribution in [0, 0.1) is 0 Å². The van der Waals surface area contributed by atoms with E-state index < -0.39 is 0 Å². The van der Waals surface area contributed by atoms with E-state index in [1.807, 2.05) is 37.3 Å². The van der Waals surface area contributed by atoms with Crippen LogP contribution in [0.3, 0.4) is 0 Å². The Morgan fingerprint density at radius 3 is 1.77 bits per heavy atom. The quantitative estimate of drug-likeness (QED) is 0.448. The third kappa shape index (κ3) is 7.40. The summed E-state index contributed by atoms with van der Waals surface area (Å²) in [7, 11) is 0. The minimum atomic E-state index is -0.345. The molecule has 3 N–H and O–H groups in total. The van der Waals surface area contributed by atoms with Gasteiger partial charge in [0, 0.05) is 17.1 Å². The normalized spacial score (nSPS) is 10.1. The van der Waals surface area contributed by atoms with Gasteiger partial charge >= 0.3 is 6.03 Å². The fraction of sp³-hybridized carbons (Fsp3) is 0.167. The highest BCUT2D eigenvalue weighted by atomic mass is 16.5. The maximum absolute atomic E-state index is 12.1. The second-order valence-corrected chi connectivity index (χ2v) is 6.68. The highest BCUT2D eigenvalue weighted by Gasteiger charge is 2.06. The lowest BCUT2D eigenvalue weighted by Gasteiger charge is -2.10. The Bertz CT molecular complexity index is 974. The molecule has 3 amide bonds. The zero-order valence-electron chi connectivity index (χ0n) is 17.3. The average Bonchev–Trinajstić information content (AvgIpc) is 2.79. The zero-order valence-corrected chi connectivity index (χ0v) is 17.3. The van der Waals surface area contributed by atoms with Crippen LogP contribution in [0.2, 0.25) is 0 Å². The van der Waals surface area contributed by atoms with Crippen LogP contribution in [-0.4, -0.2) is 25.2 Å². The number of carbonyl (C=O) groups is 2. The van der Waals surface area contributed by atoms with Crippen LogP contribution in [0.25, 0.3) is 0 Å². The number of ether oxygens (including phenoxy) is 2. The third-order valence-corrected chi connectivity index (χ3v) is 4.12. The van der Waals surface area contributed by atoms with Gasteiger partial charge in [-0.2, -0.15) is 0 Å². The molecule has 0 unspecified atom stereocenters. The van der Waals surface area contributed by atoms with Gasteiger partial charge in [0.25, 0.3) is 5.91 Å². The number of hydrogen-bond acceptors (Lipinski definition) is 4. The molecular formula is C24H25N3O4. The molecule has 3 aromatic rings. The number of amides is 3. The SMILES string of the molecule is CCCOc1ccc(OCC(=O)Nc2ccc(NC(=O)Nc3ccccc3)cc2)cc1. The molecule has 160 valence electrons. The van der Waals surface area contributed by atoms with Crippen molar-refractivity contribution < 1.29 is 19.1 Å². The lowest BCUT2D eigenvalue weighted by atomic mass is 10.2. The van der Waals surface area contributed by atoms with Crippen LogP contribution in [0.1, 0.15) is 13.3 Å². The molecule has 0 atom stereocenters. The number of anilines is 3. The molecule has 0 bridgehead atoms. The number of rotatable bonds is 9. The van der Waals surface area contributed by atoms with Crippen LogP contribution < -0.4 is 25.4 Å². The molecule has 0 aliphatic carbocycles. The van der Waals surface area contributed by atoms with Gasteiger partial charge in [-0.25, -0.2) is 4.79 Å². The second-order valence-electron chi connectivity index (χ2n) is 6.68. The molecule has 0 heterocycles. The van der Waals surface area contributed by atoms with Crippen molar-refractivity contribution in [1.82, 2.24) is 0 Å². The topological polar surface area (TPSA) is 88.7 Å². The third-order valence-electron chi connectivity index (χ3n) is 4.12. The fourth-order valence-electron chi connectivity index (χ4n) is 2.65. The summed E-state index contributed by atoms with van der Waals surface area (Å²) in [6.07, 6.45) is 0.941. The summed E-state index contributed by atoms with van der Waals surface area (Å²) in [6.45, 7) is 2.59. The molecule has 31 heavy (non-hydrogen) atoms. The molecule has 0 saturated heterocycles. The van der Waals surface area contributed by atoms with Crippen molar-refractivity contribution in [3.63, 3.8) is 0 Å². The molecular weight excluding hydrogens is 394 g/mol. The summed E-state index contributed by atoms with van der Waals surface area (Å²) < 4.78 is 11.0. The summed E-state index contributed by atoms with van der Waals surface area (Å²) in [5, 5.41) is 8.23. The molecule has 7 heteroatoms. The van der Waals surface area contributed by atoms with Gasteiger partial charge in [-0.05, 0) is 67.1 Å². The highest BCUT2D eigenvalue weighted by molar-refractivity contribution is 6.00. The number of carbonyl (C=O) groups excluding carboxylic acids is 2. The lowest BCUT2D eigenvalue weighted by molar-refractivity contribution is -0.118. The molecule has 0 fully saturated rings. The van der Waals surface area contributed by atoms with Crippen LogP contribution in [0.5, 0.6) is 11.5 Å². The first-order chi connectivity index (χ1) is 15.1. The molecule has 0 radical (unpaired) electrons. The Balaban J connectivity index is 1.42. The van der Waals surface area contributed by atoms with E-state index in [1.165, 1.54) is 0 Å². The van der Waals surface area contributed by atoms with Crippen molar-refractivity contribution in [3.05, 3.63) is 78.9 Å². The fourth-order valence-corrected chi connectivity index (χ4v) is 2.65. The van der Waals surface area contributed by atoms with Crippen LogP contribution in [0.4, 0.5) is 21.9 Å². The number of benzene rings is 3. The highest BCUT2D eigenvalue weighted by Crippen LogP contribution is 2.18. The molecule has 0 saturated carbocycles. The van der Waals surface area contributed by atoms with Crippen LogP contribution in [-0.2, 0) is 4.79 Å². The summed E-state index contributed by atoms with van der Waals surface area (Å²) in [6, 6.07) is 22.8. The summed E-state index contributed by atoms with van der Waals surface area (Å²) in [4.78, 5) is 24.1. The lowest BCUT2D eigenvalue weighted by Crippen LogP contribution is -2.20. The van der Waals surface area contributed by atoms with Gasteiger partial charge in [-0.3, -0.25) is 4.79 Å². The Morgan fingerprint density at radius 1 is 0.677 bits per heavy atom. The first-order valence-electron chi connectivity index (χ1n) is 10.0. The van der Waals surface area contributed by atoms with Crippen LogP contribution >= 0.6 is 0 Å². The van der Waals surface area contributed by atoms with Gasteiger partial charge in [-0.1, -0.05) is 25.1 Å². The predicted molar refractivity (Wildman–Crippen MR) is 122 cm³/mol. The Morgan fingerprint density at radius 2 is 1.19 bits per heavy atom. The van der Waals surface area contributed by atoms with Gasteiger partial charge in [0.15, 0.2) is 6.61 Å². The Labute approximate surface area is 181 Å². The molecule has 0 aliphatic rings. The summed E-state index contributed by atoms with van der Waals surface area (Å²) in [5.41, 5.74) is 1.91. The van der Waals surface area contributed by atoms with E-state index in [2.05, 4.69) is 16.0 Å². The molecule has 3 rings (SSSR count). The minimum absolute atomic E-state index is 0.116. The average molecular weight is 419 g/mol. The van der Waals surface area contributed by atoms with E-state index in [-0.39, 0.29) is 18.5 Å².